The van der Waals surface area contributed by atoms with Crippen molar-refractivity contribution in [3.05, 3.63) is 34.2 Å². The van der Waals surface area contributed by atoms with Crippen LogP contribution in [0.15, 0.2) is 23.1 Å². The number of hydrogen-bond acceptors (Lipinski definition) is 4. The molecule has 82 valence electrons. The number of rotatable bonds is 3. The Balaban J connectivity index is 1.95. The minimum atomic E-state index is 0.0396. The average molecular weight is 225 g/mol. The number of likely N-dealkylation sites (tertiary alicyclic amines) is 1. The van der Waals surface area contributed by atoms with Crippen molar-refractivity contribution in [3.8, 4) is 0 Å². The fourth-order valence-corrected chi connectivity index (χ4v) is 2.33. The van der Waals surface area contributed by atoms with Gasteiger partial charge in [-0.05, 0) is 5.56 Å². The lowest BCUT2D eigenvalue weighted by molar-refractivity contribution is 0.181. The molecule has 1 aromatic heterocycles. The molecule has 0 radical (unpaired) electrons. The molecule has 2 rings (SSSR count). The van der Waals surface area contributed by atoms with Gasteiger partial charge in [-0.3, -0.25) is 14.8 Å². The summed E-state index contributed by atoms with van der Waals surface area (Å²) in [4.78, 5) is 13.5. The molecule has 1 aliphatic heterocycles. The maximum atomic E-state index is 11.2. The third-order valence-corrected chi connectivity index (χ3v) is 3.35. The lowest BCUT2D eigenvalue weighted by Gasteiger charge is -2.37. The van der Waals surface area contributed by atoms with Gasteiger partial charge in [0.25, 0.3) is 0 Å². The molecule has 5 heteroatoms. The normalized spacial score (nSPS) is 17.7. The Kier molecular flexibility index (Phi) is 3.14. The molecule has 0 spiro atoms. The Morgan fingerprint density at radius 3 is 2.87 bits per heavy atom. The Bertz CT molecular complexity index is 398. The van der Waals surface area contributed by atoms with Crippen LogP contribution in [-0.2, 0) is 13.6 Å². The first-order valence-electron chi connectivity index (χ1n) is 4.92. The first-order chi connectivity index (χ1) is 7.19. The van der Waals surface area contributed by atoms with Crippen LogP contribution in [0.5, 0.6) is 0 Å². The average Bonchev–Trinajstić information content (AvgIpc) is 2.16. The van der Waals surface area contributed by atoms with Crippen molar-refractivity contribution >= 4 is 11.9 Å². The van der Waals surface area contributed by atoms with Crippen LogP contribution in [0.25, 0.3) is 0 Å². The second-order valence-electron chi connectivity index (χ2n) is 3.94. The van der Waals surface area contributed by atoms with E-state index in [0.29, 0.717) is 5.25 Å². The largest absolute Gasteiger partial charge is 0.318 e. The van der Waals surface area contributed by atoms with Gasteiger partial charge in [0, 0.05) is 44.2 Å². The monoisotopic (exact) mass is 225 g/mol. The Labute approximate surface area is 93.2 Å². The molecule has 1 fully saturated rings. The van der Waals surface area contributed by atoms with E-state index in [9.17, 15) is 4.79 Å². The van der Waals surface area contributed by atoms with Crippen molar-refractivity contribution in [1.82, 2.24) is 9.47 Å². The molecule has 1 aromatic rings. The molecule has 2 heterocycles. The van der Waals surface area contributed by atoms with Gasteiger partial charge in [-0.2, -0.15) is 0 Å². The van der Waals surface area contributed by atoms with E-state index in [4.69, 9.17) is 5.14 Å². The number of pyridine rings is 1. The molecule has 0 unspecified atom stereocenters. The number of aromatic nitrogens is 1. The standard InChI is InChI=1S/C10H15N3OS/c1-12-4-8(2-3-10(12)14)5-13-6-9(7-13)15-11/h2-4,9H,5-7,11H2,1H3. The minimum absolute atomic E-state index is 0.0396. The van der Waals surface area contributed by atoms with Crippen molar-refractivity contribution in [2.24, 2.45) is 12.2 Å². The molecular formula is C10H15N3OS. The molecular weight excluding hydrogens is 210 g/mol. The molecule has 0 amide bonds. The lowest BCUT2D eigenvalue weighted by atomic mass is 10.1. The highest BCUT2D eigenvalue weighted by Gasteiger charge is 2.25. The summed E-state index contributed by atoms with van der Waals surface area (Å²) in [5, 5.41) is 6.06. The summed E-state index contributed by atoms with van der Waals surface area (Å²) >= 11 is 1.43. The quantitative estimate of drug-likeness (QED) is 0.745. The molecule has 0 aromatic carbocycles. The Hall–Kier alpha value is -0.780. The Morgan fingerprint density at radius 1 is 1.53 bits per heavy atom. The van der Waals surface area contributed by atoms with Crippen LogP contribution >= 0.6 is 11.9 Å². The van der Waals surface area contributed by atoms with Crippen LogP contribution in [0.1, 0.15) is 5.56 Å². The summed E-state index contributed by atoms with van der Waals surface area (Å²) in [6, 6.07) is 3.51. The van der Waals surface area contributed by atoms with E-state index in [1.807, 2.05) is 12.3 Å². The minimum Gasteiger partial charge on any atom is -0.318 e. The number of nitrogens with zero attached hydrogens (tertiary/aromatic N) is 2. The van der Waals surface area contributed by atoms with E-state index in [0.717, 1.165) is 19.6 Å². The van der Waals surface area contributed by atoms with Gasteiger partial charge in [-0.25, -0.2) is 0 Å². The molecule has 0 atom stereocenters. The third-order valence-electron chi connectivity index (χ3n) is 2.67. The lowest BCUT2D eigenvalue weighted by Crippen LogP contribution is -2.48. The van der Waals surface area contributed by atoms with E-state index in [1.54, 1.807) is 17.7 Å². The summed E-state index contributed by atoms with van der Waals surface area (Å²) in [6.45, 7) is 3.00. The zero-order valence-corrected chi connectivity index (χ0v) is 9.54. The third kappa shape index (κ3) is 2.42. The number of nitrogens with two attached hydrogens (primary N) is 1. The fraction of sp³-hybridized carbons (Fsp3) is 0.500. The highest BCUT2D eigenvalue weighted by molar-refractivity contribution is 7.97. The number of hydrogen-bond donors (Lipinski definition) is 1. The number of aryl methyl sites for hydroxylation is 1. The van der Waals surface area contributed by atoms with Crippen molar-refractivity contribution in [2.45, 2.75) is 11.8 Å². The first-order valence-corrected chi connectivity index (χ1v) is 5.87. The molecule has 4 nitrogen and oxygen atoms in total. The van der Waals surface area contributed by atoms with Crippen LogP contribution < -0.4 is 10.7 Å². The van der Waals surface area contributed by atoms with Gasteiger partial charge >= 0.3 is 0 Å². The molecule has 1 saturated heterocycles. The van der Waals surface area contributed by atoms with Crippen molar-refractivity contribution in [1.29, 1.82) is 0 Å². The second-order valence-corrected chi connectivity index (χ2v) is 4.88. The van der Waals surface area contributed by atoms with Gasteiger partial charge in [-0.15, -0.1) is 0 Å². The molecule has 2 N–H and O–H groups in total. The van der Waals surface area contributed by atoms with Crippen molar-refractivity contribution in [2.75, 3.05) is 13.1 Å². The van der Waals surface area contributed by atoms with Crippen LogP contribution in [-0.4, -0.2) is 27.8 Å². The van der Waals surface area contributed by atoms with E-state index < -0.39 is 0 Å². The zero-order valence-electron chi connectivity index (χ0n) is 8.72. The first kappa shape index (κ1) is 10.7. The Morgan fingerprint density at radius 2 is 2.27 bits per heavy atom. The molecule has 0 saturated carbocycles. The van der Waals surface area contributed by atoms with Crippen LogP contribution in [0.4, 0.5) is 0 Å². The van der Waals surface area contributed by atoms with Gasteiger partial charge in [0.2, 0.25) is 5.56 Å². The van der Waals surface area contributed by atoms with Crippen molar-refractivity contribution < 1.29 is 0 Å². The fourth-order valence-electron chi connectivity index (χ4n) is 1.74. The van der Waals surface area contributed by atoms with E-state index in [1.165, 1.54) is 17.5 Å². The van der Waals surface area contributed by atoms with E-state index >= 15 is 0 Å². The van der Waals surface area contributed by atoms with Crippen LogP contribution in [0.2, 0.25) is 0 Å². The molecule has 0 aliphatic carbocycles. The molecule has 1 aliphatic rings. The SMILES string of the molecule is Cn1cc(CN2CC(SN)C2)ccc1=O. The van der Waals surface area contributed by atoms with Gasteiger partial charge < -0.3 is 4.57 Å². The molecule has 0 bridgehead atoms. The van der Waals surface area contributed by atoms with Crippen LogP contribution in [0, 0.1) is 0 Å². The highest BCUT2D eigenvalue weighted by Crippen LogP contribution is 2.19. The second kappa shape index (κ2) is 4.38. The van der Waals surface area contributed by atoms with E-state index in [2.05, 4.69) is 4.90 Å². The topological polar surface area (TPSA) is 51.3 Å². The van der Waals surface area contributed by atoms with Crippen LogP contribution in [0.3, 0.4) is 0 Å². The van der Waals surface area contributed by atoms with Crippen molar-refractivity contribution in [3.63, 3.8) is 0 Å². The predicted octanol–water partition coefficient (Wildman–Crippen LogP) is 0.176. The summed E-state index contributed by atoms with van der Waals surface area (Å²) < 4.78 is 1.62. The zero-order chi connectivity index (χ0) is 10.8. The van der Waals surface area contributed by atoms with Gasteiger partial charge in [0.05, 0.1) is 0 Å². The van der Waals surface area contributed by atoms with Gasteiger partial charge in [0.1, 0.15) is 0 Å². The van der Waals surface area contributed by atoms with Gasteiger partial charge in [0.15, 0.2) is 0 Å². The summed E-state index contributed by atoms with van der Waals surface area (Å²) in [5.41, 5.74) is 1.22. The maximum absolute atomic E-state index is 11.2. The highest BCUT2D eigenvalue weighted by atomic mass is 32.2. The summed E-state index contributed by atoms with van der Waals surface area (Å²) in [6.07, 6.45) is 1.89. The maximum Gasteiger partial charge on any atom is 0.250 e. The predicted molar refractivity (Wildman–Crippen MR) is 62.5 cm³/mol. The van der Waals surface area contributed by atoms with E-state index in [-0.39, 0.29) is 5.56 Å². The summed E-state index contributed by atoms with van der Waals surface area (Å²) in [7, 11) is 1.78. The molecule has 15 heavy (non-hydrogen) atoms. The summed E-state index contributed by atoms with van der Waals surface area (Å²) in [5.74, 6) is 0. The smallest absolute Gasteiger partial charge is 0.250 e. The van der Waals surface area contributed by atoms with Gasteiger partial charge in [-0.1, -0.05) is 18.0 Å².